The molecule has 0 radical (unpaired) electrons. The summed E-state index contributed by atoms with van der Waals surface area (Å²) in [5, 5.41) is 0.459. The maximum absolute atomic E-state index is 10.2. The Morgan fingerprint density at radius 2 is 2.43 bits per heavy atom. The fourth-order valence-electron chi connectivity index (χ4n) is 0.221. The molecular formula is C4H7ClOS. The van der Waals surface area contributed by atoms with Crippen LogP contribution in [0, 0.1) is 0 Å². The number of hydrogen-bond donors (Lipinski definition) is 0. The predicted molar refractivity (Wildman–Crippen MR) is 33.9 cm³/mol. The van der Waals surface area contributed by atoms with Crippen LogP contribution in [0.4, 0.5) is 0 Å². The van der Waals surface area contributed by atoms with Gasteiger partial charge in [0.25, 0.3) is 0 Å². The van der Waals surface area contributed by atoms with Gasteiger partial charge in [0.1, 0.15) is 0 Å². The van der Waals surface area contributed by atoms with E-state index in [1.807, 2.05) is 0 Å². The van der Waals surface area contributed by atoms with Crippen LogP contribution in [0.3, 0.4) is 0 Å². The lowest BCUT2D eigenvalue weighted by molar-refractivity contribution is 0.688. The quantitative estimate of drug-likeness (QED) is 0.559. The van der Waals surface area contributed by atoms with Crippen LogP contribution in [0.1, 0.15) is 0 Å². The molecule has 1 nitrogen and oxygen atoms in total. The molecule has 42 valence electrons. The van der Waals surface area contributed by atoms with Crippen LogP contribution in [0.5, 0.6) is 0 Å². The highest BCUT2D eigenvalue weighted by molar-refractivity contribution is 7.84. The lowest BCUT2D eigenvalue weighted by atomic mass is 10.8. The maximum Gasteiger partial charge on any atom is 0.0584 e. The van der Waals surface area contributed by atoms with E-state index in [1.54, 1.807) is 6.26 Å². The second-order valence-corrected chi connectivity index (χ2v) is 3.20. The van der Waals surface area contributed by atoms with E-state index >= 15 is 0 Å². The van der Waals surface area contributed by atoms with E-state index in [9.17, 15) is 4.21 Å². The smallest absolute Gasteiger partial charge is 0.0584 e. The Morgan fingerprint density at radius 3 is 2.43 bits per heavy atom. The van der Waals surface area contributed by atoms with E-state index in [4.69, 9.17) is 11.6 Å². The second-order valence-electron chi connectivity index (χ2n) is 1.23. The van der Waals surface area contributed by atoms with Crippen LogP contribution in [-0.2, 0) is 10.8 Å². The summed E-state index contributed by atoms with van der Waals surface area (Å²) in [7, 11) is -0.827. The van der Waals surface area contributed by atoms with Gasteiger partial charge in [0.05, 0.1) is 5.75 Å². The van der Waals surface area contributed by atoms with Crippen LogP contribution in [-0.4, -0.2) is 16.2 Å². The van der Waals surface area contributed by atoms with E-state index in [2.05, 4.69) is 6.58 Å². The Labute approximate surface area is 50.8 Å². The first-order valence-corrected chi connectivity index (χ1v) is 3.86. The minimum absolute atomic E-state index is 0.404. The molecule has 1 atom stereocenters. The van der Waals surface area contributed by atoms with Crippen molar-refractivity contribution >= 4 is 22.4 Å². The molecule has 0 aliphatic heterocycles. The number of rotatable bonds is 2. The fourth-order valence-corrected chi connectivity index (χ4v) is 1.12. The standard InChI is InChI=1S/C4H7ClOS/c1-4(5)3-7(2)6/h1,3H2,2H3. The molecular weight excluding hydrogens is 132 g/mol. The third-order valence-electron chi connectivity index (χ3n) is 0.360. The molecule has 0 saturated heterocycles. The van der Waals surface area contributed by atoms with Gasteiger partial charge in [-0.3, -0.25) is 4.21 Å². The van der Waals surface area contributed by atoms with Crippen molar-refractivity contribution in [2.24, 2.45) is 0 Å². The van der Waals surface area contributed by atoms with Gasteiger partial charge in [-0.1, -0.05) is 18.2 Å². The van der Waals surface area contributed by atoms with Crippen LogP contribution >= 0.6 is 11.6 Å². The molecule has 0 bridgehead atoms. The van der Waals surface area contributed by atoms with Gasteiger partial charge < -0.3 is 0 Å². The monoisotopic (exact) mass is 138 g/mol. The summed E-state index contributed by atoms with van der Waals surface area (Å²) in [4.78, 5) is 0. The van der Waals surface area contributed by atoms with Gasteiger partial charge in [-0.05, 0) is 0 Å². The first-order chi connectivity index (χ1) is 3.13. The SMILES string of the molecule is C=C(Cl)CS(C)=O. The zero-order valence-electron chi connectivity index (χ0n) is 4.11. The predicted octanol–water partition coefficient (Wildman–Crippen LogP) is 1.12. The van der Waals surface area contributed by atoms with Crippen LogP contribution in [0.2, 0.25) is 0 Å². The fraction of sp³-hybridized carbons (Fsp3) is 0.500. The molecule has 0 amide bonds. The van der Waals surface area contributed by atoms with Gasteiger partial charge in [0, 0.05) is 22.1 Å². The van der Waals surface area contributed by atoms with Crippen molar-refractivity contribution in [3.8, 4) is 0 Å². The highest BCUT2D eigenvalue weighted by Gasteiger charge is 1.89. The Morgan fingerprint density at radius 1 is 2.00 bits per heavy atom. The van der Waals surface area contributed by atoms with Crippen LogP contribution < -0.4 is 0 Å². The lowest BCUT2D eigenvalue weighted by Gasteiger charge is -1.86. The van der Waals surface area contributed by atoms with Crippen molar-refractivity contribution in [1.82, 2.24) is 0 Å². The molecule has 0 aromatic rings. The molecule has 0 aliphatic rings. The summed E-state index contributed by atoms with van der Waals surface area (Å²) in [6, 6.07) is 0. The van der Waals surface area contributed by atoms with Gasteiger partial charge in [-0.15, -0.1) is 0 Å². The molecule has 0 rings (SSSR count). The zero-order valence-corrected chi connectivity index (χ0v) is 5.68. The summed E-state index contributed by atoms with van der Waals surface area (Å²) in [5.41, 5.74) is 0. The lowest BCUT2D eigenvalue weighted by Crippen LogP contribution is -1.90. The third kappa shape index (κ3) is 6.18. The van der Waals surface area contributed by atoms with E-state index in [-0.39, 0.29) is 0 Å². The molecule has 0 N–H and O–H groups in total. The summed E-state index contributed by atoms with van der Waals surface area (Å²) in [6.45, 7) is 3.37. The van der Waals surface area contributed by atoms with Crippen LogP contribution in [0.25, 0.3) is 0 Å². The molecule has 0 saturated carbocycles. The molecule has 0 aromatic carbocycles. The van der Waals surface area contributed by atoms with Gasteiger partial charge in [0.2, 0.25) is 0 Å². The number of halogens is 1. The van der Waals surface area contributed by atoms with Gasteiger partial charge >= 0.3 is 0 Å². The van der Waals surface area contributed by atoms with Gasteiger partial charge in [-0.25, -0.2) is 0 Å². The van der Waals surface area contributed by atoms with Crippen molar-refractivity contribution in [3.63, 3.8) is 0 Å². The summed E-state index contributed by atoms with van der Waals surface area (Å²) in [5.74, 6) is 0.404. The highest BCUT2D eigenvalue weighted by atomic mass is 35.5. The Balaban J connectivity index is 3.32. The van der Waals surface area contributed by atoms with Gasteiger partial charge in [-0.2, -0.15) is 0 Å². The van der Waals surface area contributed by atoms with Gasteiger partial charge in [0.15, 0.2) is 0 Å². The zero-order chi connectivity index (χ0) is 5.86. The summed E-state index contributed by atoms with van der Waals surface area (Å²) >= 11 is 5.29. The Kier molecular flexibility index (Phi) is 3.30. The average Bonchev–Trinajstić information content (AvgIpc) is 1.27. The second kappa shape index (κ2) is 3.22. The Hall–Kier alpha value is 0.180. The summed E-state index contributed by atoms with van der Waals surface area (Å²) < 4.78 is 10.2. The van der Waals surface area contributed by atoms with Crippen molar-refractivity contribution in [1.29, 1.82) is 0 Å². The molecule has 7 heavy (non-hydrogen) atoms. The molecule has 0 aromatic heterocycles. The van der Waals surface area contributed by atoms with E-state index in [0.717, 1.165) is 0 Å². The molecule has 3 heteroatoms. The first-order valence-electron chi connectivity index (χ1n) is 1.76. The largest absolute Gasteiger partial charge is 0.259 e. The van der Waals surface area contributed by atoms with Crippen molar-refractivity contribution < 1.29 is 4.21 Å². The average molecular weight is 139 g/mol. The third-order valence-corrected chi connectivity index (χ3v) is 1.41. The normalized spacial score (nSPS) is 13.4. The molecule has 0 aliphatic carbocycles. The first kappa shape index (κ1) is 7.18. The molecule has 0 heterocycles. The van der Waals surface area contributed by atoms with Crippen LogP contribution in [0.15, 0.2) is 11.6 Å². The minimum atomic E-state index is -0.827. The molecule has 0 fully saturated rings. The minimum Gasteiger partial charge on any atom is -0.259 e. The molecule has 1 unspecified atom stereocenters. The highest BCUT2D eigenvalue weighted by Crippen LogP contribution is 1.96. The van der Waals surface area contributed by atoms with E-state index in [1.165, 1.54) is 0 Å². The molecule has 0 spiro atoms. The van der Waals surface area contributed by atoms with Crippen molar-refractivity contribution in [2.75, 3.05) is 12.0 Å². The summed E-state index contributed by atoms with van der Waals surface area (Å²) in [6.07, 6.45) is 1.59. The van der Waals surface area contributed by atoms with Crippen molar-refractivity contribution in [3.05, 3.63) is 11.6 Å². The maximum atomic E-state index is 10.2. The van der Waals surface area contributed by atoms with Crippen molar-refractivity contribution in [2.45, 2.75) is 0 Å². The topological polar surface area (TPSA) is 17.1 Å². The van der Waals surface area contributed by atoms with E-state index < -0.39 is 10.8 Å². The number of hydrogen-bond acceptors (Lipinski definition) is 1. The Bertz CT molecular complexity index is 87.9. The van der Waals surface area contributed by atoms with E-state index in [0.29, 0.717) is 10.8 Å².